The van der Waals surface area contributed by atoms with Crippen LogP contribution in [0.15, 0.2) is 42.5 Å². The van der Waals surface area contributed by atoms with Gasteiger partial charge in [-0.25, -0.2) is 4.98 Å². The molecule has 2 aromatic rings. The summed E-state index contributed by atoms with van der Waals surface area (Å²) in [5.41, 5.74) is 2.82. The molecule has 0 atom stereocenters. The zero-order valence-corrected chi connectivity index (χ0v) is 10.4. The Balaban J connectivity index is 1.83. The second-order valence-electron chi connectivity index (χ2n) is 4.45. The zero-order chi connectivity index (χ0) is 13.1. The van der Waals surface area contributed by atoms with E-state index >= 15 is 0 Å². The zero-order valence-electron chi connectivity index (χ0n) is 10.4. The lowest BCUT2D eigenvalue weighted by Gasteiger charge is -2.15. The topological polar surface area (TPSA) is 39.2 Å². The SMILES string of the molecule is O=C1COc2nc(/C=C/c3ccccc3)ccc2C1. The Bertz CT molecular complexity index is 632. The second kappa shape index (κ2) is 5.06. The van der Waals surface area contributed by atoms with Gasteiger partial charge in [0.1, 0.15) is 6.61 Å². The maximum atomic E-state index is 11.3. The lowest BCUT2D eigenvalue weighted by Crippen LogP contribution is -2.21. The van der Waals surface area contributed by atoms with Crippen LogP contribution >= 0.6 is 0 Å². The van der Waals surface area contributed by atoms with Crippen molar-refractivity contribution in [2.75, 3.05) is 6.61 Å². The monoisotopic (exact) mass is 251 g/mol. The van der Waals surface area contributed by atoms with Crippen LogP contribution in [0.4, 0.5) is 0 Å². The maximum absolute atomic E-state index is 11.3. The molecule has 1 aliphatic heterocycles. The van der Waals surface area contributed by atoms with E-state index in [-0.39, 0.29) is 12.4 Å². The molecule has 0 unspecified atom stereocenters. The number of carbonyl (C=O) groups is 1. The molecule has 0 saturated heterocycles. The summed E-state index contributed by atoms with van der Waals surface area (Å²) in [6.07, 6.45) is 4.36. The first-order valence-corrected chi connectivity index (χ1v) is 6.19. The molecule has 0 bridgehead atoms. The minimum Gasteiger partial charge on any atom is -0.469 e. The van der Waals surface area contributed by atoms with Gasteiger partial charge in [-0.05, 0) is 17.7 Å². The molecule has 19 heavy (non-hydrogen) atoms. The first-order valence-electron chi connectivity index (χ1n) is 6.19. The van der Waals surface area contributed by atoms with Gasteiger partial charge in [-0.15, -0.1) is 0 Å². The van der Waals surface area contributed by atoms with Gasteiger partial charge < -0.3 is 4.74 Å². The van der Waals surface area contributed by atoms with Gasteiger partial charge >= 0.3 is 0 Å². The maximum Gasteiger partial charge on any atom is 0.217 e. The van der Waals surface area contributed by atoms with Crippen molar-refractivity contribution in [3.63, 3.8) is 0 Å². The van der Waals surface area contributed by atoms with Crippen LogP contribution in [-0.2, 0) is 11.2 Å². The summed E-state index contributed by atoms with van der Waals surface area (Å²) in [6, 6.07) is 13.8. The molecule has 0 spiro atoms. The molecule has 3 nitrogen and oxygen atoms in total. The van der Waals surface area contributed by atoms with Crippen molar-refractivity contribution in [2.45, 2.75) is 6.42 Å². The number of ketones is 1. The fourth-order valence-corrected chi connectivity index (χ4v) is 1.99. The Kier molecular flexibility index (Phi) is 3.11. The van der Waals surface area contributed by atoms with Crippen LogP contribution in [0.5, 0.6) is 5.88 Å². The highest BCUT2D eigenvalue weighted by molar-refractivity contribution is 5.84. The van der Waals surface area contributed by atoms with E-state index in [4.69, 9.17) is 4.74 Å². The number of hydrogen-bond acceptors (Lipinski definition) is 3. The Morgan fingerprint density at radius 1 is 1.05 bits per heavy atom. The van der Waals surface area contributed by atoms with Crippen LogP contribution in [-0.4, -0.2) is 17.4 Å². The minimum atomic E-state index is 0.0990. The minimum absolute atomic E-state index is 0.0990. The van der Waals surface area contributed by atoms with Crippen molar-refractivity contribution in [3.8, 4) is 5.88 Å². The molecular weight excluding hydrogens is 238 g/mol. The Morgan fingerprint density at radius 2 is 1.89 bits per heavy atom. The van der Waals surface area contributed by atoms with Crippen LogP contribution in [0.3, 0.4) is 0 Å². The van der Waals surface area contributed by atoms with E-state index in [1.807, 2.05) is 54.6 Å². The Hall–Kier alpha value is -2.42. The molecule has 3 heteroatoms. The van der Waals surface area contributed by atoms with E-state index in [0.29, 0.717) is 12.3 Å². The lowest BCUT2D eigenvalue weighted by molar-refractivity contribution is -0.121. The van der Waals surface area contributed by atoms with Crippen molar-refractivity contribution in [1.82, 2.24) is 4.98 Å². The summed E-state index contributed by atoms with van der Waals surface area (Å²) in [7, 11) is 0. The average molecular weight is 251 g/mol. The highest BCUT2D eigenvalue weighted by Crippen LogP contribution is 2.21. The molecule has 94 valence electrons. The summed E-state index contributed by atoms with van der Waals surface area (Å²) in [6.45, 7) is 0.131. The van der Waals surface area contributed by atoms with Crippen LogP contribution in [0, 0.1) is 0 Å². The third-order valence-corrected chi connectivity index (χ3v) is 2.96. The van der Waals surface area contributed by atoms with Crippen LogP contribution < -0.4 is 4.74 Å². The van der Waals surface area contributed by atoms with Gasteiger partial charge in [-0.2, -0.15) is 0 Å². The number of nitrogens with zero attached hydrogens (tertiary/aromatic N) is 1. The molecule has 0 fully saturated rings. The molecule has 1 aliphatic rings. The second-order valence-corrected chi connectivity index (χ2v) is 4.45. The first kappa shape index (κ1) is 11.7. The number of fused-ring (bicyclic) bond motifs is 1. The number of pyridine rings is 1. The third kappa shape index (κ3) is 2.71. The third-order valence-electron chi connectivity index (χ3n) is 2.96. The van der Waals surface area contributed by atoms with E-state index in [9.17, 15) is 4.79 Å². The number of carbonyl (C=O) groups excluding carboxylic acids is 1. The number of Topliss-reactive ketones (excluding diaryl/α,β-unsaturated/α-hetero) is 1. The molecule has 1 aromatic carbocycles. The summed E-state index contributed by atoms with van der Waals surface area (Å²) in [5.74, 6) is 0.677. The summed E-state index contributed by atoms with van der Waals surface area (Å²) in [5, 5.41) is 0. The molecule has 0 saturated carbocycles. The van der Waals surface area contributed by atoms with E-state index in [1.54, 1.807) is 0 Å². The molecule has 0 radical (unpaired) electrons. The number of hydrogen-bond donors (Lipinski definition) is 0. The fourth-order valence-electron chi connectivity index (χ4n) is 1.99. The molecule has 0 N–H and O–H groups in total. The largest absolute Gasteiger partial charge is 0.469 e. The van der Waals surface area contributed by atoms with Crippen molar-refractivity contribution >= 4 is 17.9 Å². The van der Waals surface area contributed by atoms with E-state index in [2.05, 4.69) is 4.98 Å². The number of aromatic nitrogens is 1. The normalized spacial score (nSPS) is 14.2. The molecule has 0 amide bonds. The summed E-state index contributed by atoms with van der Waals surface area (Å²) in [4.78, 5) is 15.7. The van der Waals surface area contributed by atoms with Gasteiger partial charge in [-0.1, -0.05) is 42.5 Å². The van der Waals surface area contributed by atoms with Gasteiger partial charge in [0.25, 0.3) is 0 Å². The summed E-state index contributed by atoms with van der Waals surface area (Å²) >= 11 is 0. The van der Waals surface area contributed by atoms with Gasteiger partial charge in [0.05, 0.1) is 5.69 Å². The van der Waals surface area contributed by atoms with Gasteiger partial charge in [0.2, 0.25) is 5.88 Å². The molecule has 1 aromatic heterocycles. The fraction of sp³-hybridized carbons (Fsp3) is 0.125. The smallest absolute Gasteiger partial charge is 0.217 e. The van der Waals surface area contributed by atoms with Crippen LogP contribution in [0.25, 0.3) is 12.2 Å². The Morgan fingerprint density at radius 3 is 2.74 bits per heavy atom. The predicted molar refractivity (Wildman–Crippen MR) is 73.8 cm³/mol. The average Bonchev–Trinajstić information content (AvgIpc) is 2.46. The van der Waals surface area contributed by atoms with Gasteiger partial charge in [0.15, 0.2) is 5.78 Å². The lowest BCUT2D eigenvalue weighted by atomic mass is 10.1. The van der Waals surface area contributed by atoms with E-state index in [1.165, 1.54) is 0 Å². The number of rotatable bonds is 2. The van der Waals surface area contributed by atoms with Crippen molar-refractivity contribution in [3.05, 3.63) is 59.3 Å². The number of benzene rings is 1. The molecule has 3 rings (SSSR count). The van der Waals surface area contributed by atoms with Crippen LogP contribution in [0.2, 0.25) is 0 Å². The van der Waals surface area contributed by atoms with E-state index in [0.717, 1.165) is 16.8 Å². The van der Waals surface area contributed by atoms with E-state index < -0.39 is 0 Å². The Labute approximate surface area is 111 Å². The first-order chi connectivity index (χ1) is 9.31. The summed E-state index contributed by atoms with van der Waals surface area (Å²) < 4.78 is 5.33. The molecule has 0 aliphatic carbocycles. The van der Waals surface area contributed by atoms with Gasteiger partial charge in [-0.3, -0.25) is 4.79 Å². The molecular formula is C16H13NO2. The highest BCUT2D eigenvalue weighted by atomic mass is 16.5. The number of ether oxygens (including phenoxy) is 1. The standard InChI is InChI=1S/C16H13NO2/c18-15-10-13-7-9-14(17-16(13)19-11-15)8-6-12-4-2-1-3-5-12/h1-9H,10-11H2/b8-6+. The quantitative estimate of drug-likeness (QED) is 0.823. The molecule has 2 heterocycles. The van der Waals surface area contributed by atoms with Crippen molar-refractivity contribution < 1.29 is 9.53 Å². The van der Waals surface area contributed by atoms with Crippen molar-refractivity contribution in [2.24, 2.45) is 0 Å². The van der Waals surface area contributed by atoms with Gasteiger partial charge in [0, 0.05) is 12.0 Å². The highest BCUT2D eigenvalue weighted by Gasteiger charge is 2.17. The predicted octanol–water partition coefficient (Wildman–Crippen LogP) is 2.76. The van der Waals surface area contributed by atoms with Crippen LogP contribution in [0.1, 0.15) is 16.8 Å². The van der Waals surface area contributed by atoms with Crippen molar-refractivity contribution in [1.29, 1.82) is 0 Å².